The van der Waals surface area contributed by atoms with Gasteiger partial charge in [0.05, 0.1) is 5.69 Å². The average molecular weight is 305 g/mol. The van der Waals surface area contributed by atoms with E-state index in [1.807, 2.05) is 0 Å². The number of nitrogen functional groups attached to an aromatic ring is 1. The summed E-state index contributed by atoms with van der Waals surface area (Å²) in [4.78, 5) is 14.5. The lowest BCUT2D eigenvalue weighted by atomic mass is 10.1. The van der Waals surface area contributed by atoms with Crippen molar-refractivity contribution in [2.24, 2.45) is 0 Å². The highest BCUT2D eigenvalue weighted by molar-refractivity contribution is 5.95. The zero-order valence-corrected chi connectivity index (χ0v) is 13.6. The smallest absolute Gasteiger partial charge is 0.251 e. The Bertz CT molecular complexity index is 485. The van der Waals surface area contributed by atoms with Gasteiger partial charge in [0.1, 0.15) is 12.4 Å². The van der Waals surface area contributed by atoms with Crippen LogP contribution in [0.1, 0.15) is 30.6 Å². The Labute approximate surface area is 133 Å². The van der Waals surface area contributed by atoms with Crippen LogP contribution in [0, 0.1) is 0 Å². The van der Waals surface area contributed by atoms with Gasteiger partial charge in [-0.25, -0.2) is 0 Å². The van der Waals surface area contributed by atoms with Crippen LogP contribution in [0.2, 0.25) is 0 Å². The number of nitrogens with two attached hydrogens (primary N) is 1. The lowest BCUT2D eigenvalue weighted by molar-refractivity contribution is 0.0951. The summed E-state index contributed by atoms with van der Waals surface area (Å²) in [5.74, 6) is 0.402. The summed E-state index contributed by atoms with van der Waals surface area (Å²) in [7, 11) is 0. The third-order valence-electron chi connectivity index (χ3n) is 3.46. The zero-order chi connectivity index (χ0) is 16.4. The van der Waals surface area contributed by atoms with Crippen LogP contribution in [0.3, 0.4) is 0 Å². The van der Waals surface area contributed by atoms with Crippen LogP contribution in [0.25, 0.3) is 0 Å². The third kappa shape index (κ3) is 5.77. The number of amides is 1. The van der Waals surface area contributed by atoms with Crippen LogP contribution in [-0.2, 0) is 0 Å². The molecule has 1 aromatic rings. The fourth-order valence-corrected chi connectivity index (χ4v) is 2.10. The molecular weight excluding hydrogens is 278 g/mol. The Morgan fingerprint density at radius 2 is 2.14 bits per heavy atom. The lowest BCUT2D eigenvalue weighted by Crippen LogP contribution is -2.29. The molecule has 3 N–H and O–H groups in total. The molecule has 0 aliphatic carbocycles. The van der Waals surface area contributed by atoms with E-state index in [0.29, 0.717) is 30.2 Å². The Balaban J connectivity index is 2.49. The van der Waals surface area contributed by atoms with Crippen molar-refractivity contribution in [1.82, 2.24) is 10.2 Å². The highest BCUT2D eigenvalue weighted by Gasteiger charge is 2.09. The van der Waals surface area contributed by atoms with Crippen LogP contribution in [0.5, 0.6) is 5.75 Å². The van der Waals surface area contributed by atoms with Crippen LogP contribution >= 0.6 is 0 Å². The monoisotopic (exact) mass is 305 g/mol. The molecule has 0 atom stereocenters. The van der Waals surface area contributed by atoms with Gasteiger partial charge in [0.15, 0.2) is 0 Å². The maximum atomic E-state index is 12.1. The number of hydrogen-bond donors (Lipinski definition) is 2. The highest BCUT2D eigenvalue weighted by atomic mass is 16.5. The van der Waals surface area contributed by atoms with Gasteiger partial charge in [0.25, 0.3) is 5.91 Å². The number of ether oxygens (including phenoxy) is 1. The molecule has 1 aromatic carbocycles. The van der Waals surface area contributed by atoms with Crippen LogP contribution < -0.4 is 15.8 Å². The molecule has 1 amide bonds. The molecule has 0 aliphatic heterocycles. The van der Waals surface area contributed by atoms with Gasteiger partial charge < -0.3 is 20.7 Å². The average Bonchev–Trinajstić information content (AvgIpc) is 2.54. The van der Waals surface area contributed by atoms with Gasteiger partial charge in [-0.2, -0.15) is 0 Å². The van der Waals surface area contributed by atoms with Gasteiger partial charge >= 0.3 is 0 Å². The molecule has 0 spiro atoms. The molecule has 5 heteroatoms. The first-order chi connectivity index (χ1) is 10.6. The molecule has 0 saturated heterocycles. The van der Waals surface area contributed by atoms with E-state index in [1.165, 1.54) is 0 Å². The van der Waals surface area contributed by atoms with Crippen molar-refractivity contribution in [2.75, 3.05) is 38.5 Å². The first kappa shape index (κ1) is 18.0. The predicted octanol–water partition coefficient (Wildman–Crippen LogP) is 2.30. The summed E-state index contributed by atoms with van der Waals surface area (Å²) >= 11 is 0. The predicted molar refractivity (Wildman–Crippen MR) is 91.3 cm³/mol. The summed E-state index contributed by atoms with van der Waals surface area (Å²) in [5.41, 5.74) is 6.89. The van der Waals surface area contributed by atoms with Crippen molar-refractivity contribution in [3.05, 3.63) is 36.4 Å². The van der Waals surface area contributed by atoms with Gasteiger partial charge in [0, 0.05) is 12.1 Å². The number of benzene rings is 1. The molecule has 0 fully saturated rings. The standard InChI is InChI=1S/C17H27N3O2/c1-4-12-22-16-13-14(8-9-15(16)18)17(21)19-10-7-11-20(5-2)6-3/h4,8-9,13H,1,5-7,10-12,18H2,2-3H3,(H,19,21). The molecule has 0 bridgehead atoms. The molecule has 22 heavy (non-hydrogen) atoms. The van der Waals surface area contributed by atoms with Crippen LogP contribution in [0.15, 0.2) is 30.9 Å². The fourth-order valence-electron chi connectivity index (χ4n) is 2.10. The van der Waals surface area contributed by atoms with Gasteiger partial charge in [-0.3, -0.25) is 4.79 Å². The van der Waals surface area contributed by atoms with Crippen LogP contribution in [-0.4, -0.2) is 43.6 Å². The highest BCUT2D eigenvalue weighted by Crippen LogP contribution is 2.22. The summed E-state index contributed by atoms with van der Waals surface area (Å²) in [6, 6.07) is 5.05. The van der Waals surface area contributed by atoms with Crippen molar-refractivity contribution < 1.29 is 9.53 Å². The topological polar surface area (TPSA) is 67.6 Å². The quantitative estimate of drug-likeness (QED) is 0.395. The number of nitrogens with zero attached hydrogens (tertiary/aromatic N) is 1. The molecule has 0 aliphatic rings. The minimum atomic E-state index is -0.108. The fraction of sp³-hybridized carbons (Fsp3) is 0.471. The maximum absolute atomic E-state index is 12.1. The SMILES string of the molecule is C=CCOc1cc(C(=O)NCCCN(CC)CC)ccc1N. The number of hydrogen-bond acceptors (Lipinski definition) is 4. The summed E-state index contributed by atoms with van der Waals surface area (Å²) < 4.78 is 5.43. The maximum Gasteiger partial charge on any atom is 0.251 e. The van der Waals surface area contributed by atoms with E-state index < -0.39 is 0 Å². The Morgan fingerprint density at radius 3 is 2.77 bits per heavy atom. The largest absolute Gasteiger partial charge is 0.487 e. The first-order valence-electron chi connectivity index (χ1n) is 7.76. The molecule has 5 nitrogen and oxygen atoms in total. The molecule has 0 radical (unpaired) electrons. The van der Waals surface area contributed by atoms with Gasteiger partial charge in [-0.1, -0.05) is 26.5 Å². The molecule has 0 heterocycles. The summed E-state index contributed by atoms with van der Waals surface area (Å²) in [6.07, 6.45) is 2.57. The van der Waals surface area contributed by atoms with Crippen molar-refractivity contribution in [2.45, 2.75) is 20.3 Å². The number of carbonyl (C=O) groups is 1. The molecular formula is C17H27N3O2. The van der Waals surface area contributed by atoms with Crippen molar-refractivity contribution >= 4 is 11.6 Å². The molecule has 122 valence electrons. The van der Waals surface area contributed by atoms with E-state index in [4.69, 9.17) is 10.5 Å². The second kappa shape index (κ2) is 9.84. The Kier molecular flexibility index (Phi) is 8.07. The van der Waals surface area contributed by atoms with E-state index in [9.17, 15) is 4.79 Å². The third-order valence-corrected chi connectivity index (χ3v) is 3.46. The minimum Gasteiger partial charge on any atom is -0.487 e. The van der Waals surface area contributed by atoms with Gasteiger partial charge in [-0.05, 0) is 44.3 Å². The van der Waals surface area contributed by atoms with E-state index >= 15 is 0 Å². The minimum absolute atomic E-state index is 0.108. The number of nitrogens with one attached hydrogen (secondary N) is 1. The van der Waals surface area contributed by atoms with E-state index in [0.717, 1.165) is 26.1 Å². The second-order valence-electron chi connectivity index (χ2n) is 4.99. The van der Waals surface area contributed by atoms with E-state index in [1.54, 1.807) is 24.3 Å². The number of rotatable bonds is 10. The van der Waals surface area contributed by atoms with Crippen LogP contribution in [0.4, 0.5) is 5.69 Å². The van der Waals surface area contributed by atoms with Crippen molar-refractivity contribution in [3.8, 4) is 5.75 Å². The Morgan fingerprint density at radius 1 is 1.41 bits per heavy atom. The van der Waals surface area contributed by atoms with Gasteiger partial charge in [0.2, 0.25) is 0 Å². The van der Waals surface area contributed by atoms with Crippen molar-refractivity contribution in [1.29, 1.82) is 0 Å². The molecule has 0 aromatic heterocycles. The first-order valence-corrected chi connectivity index (χ1v) is 7.76. The summed E-state index contributed by atoms with van der Waals surface area (Å²) in [5, 5.41) is 2.92. The van der Waals surface area contributed by atoms with E-state index in [2.05, 4.69) is 30.6 Å². The van der Waals surface area contributed by atoms with E-state index in [-0.39, 0.29) is 5.91 Å². The summed E-state index contributed by atoms with van der Waals surface area (Å²) in [6.45, 7) is 11.9. The zero-order valence-electron chi connectivity index (χ0n) is 13.6. The second-order valence-corrected chi connectivity index (χ2v) is 4.99. The molecule has 0 saturated carbocycles. The normalized spacial score (nSPS) is 10.5. The molecule has 0 unspecified atom stereocenters. The van der Waals surface area contributed by atoms with Gasteiger partial charge in [-0.15, -0.1) is 0 Å². The number of carbonyl (C=O) groups excluding carboxylic acids is 1. The molecule has 1 rings (SSSR count). The van der Waals surface area contributed by atoms with Crippen molar-refractivity contribution in [3.63, 3.8) is 0 Å². The Hall–Kier alpha value is -2.01. The lowest BCUT2D eigenvalue weighted by Gasteiger charge is -2.17. The number of anilines is 1.